The van der Waals surface area contributed by atoms with Crippen molar-refractivity contribution in [2.75, 3.05) is 18.7 Å². The van der Waals surface area contributed by atoms with Crippen molar-refractivity contribution in [3.05, 3.63) is 24.2 Å². The van der Waals surface area contributed by atoms with Crippen LogP contribution in [0.15, 0.2) is 18.5 Å². The van der Waals surface area contributed by atoms with Crippen LogP contribution in [0.5, 0.6) is 0 Å². The van der Waals surface area contributed by atoms with Crippen molar-refractivity contribution in [3.63, 3.8) is 0 Å². The molecule has 0 saturated heterocycles. The molecular formula is C27H37N5O9. The van der Waals surface area contributed by atoms with Crippen molar-refractivity contribution in [2.24, 2.45) is 11.3 Å². The maximum Gasteiger partial charge on any atom is 0.415 e. The Hall–Kier alpha value is -3.80. The zero-order chi connectivity index (χ0) is 30.2. The molecule has 1 aliphatic rings. The highest BCUT2D eigenvalue weighted by Crippen LogP contribution is 2.30. The highest BCUT2D eigenvalue weighted by atomic mass is 16.7. The number of nitrogens with zero attached hydrogens (tertiary/aromatic N) is 4. The summed E-state index contributed by atoms with van der Waals surface area (Å²) in [7, 11) is 0. The summed E-state index contributed by atoms with van der Waals surface area (Å²) in [4.78, 5) is 40.7. The van der Waals surface area contributed by atoms with Crippen molar-refractivity contribution in [3.8, 4) is 6.07 Å². The number of nitriles is 1. The van der Waals surface area contributed by atoms with Gasteiger partial charge in [-0.2, -0.15) is 10.4 Å². The molecule has 1 aliphatic carbocycles. The standard InChI is InChI=1S/C27H37N5O9/c1-27(2,3)25(37)39-15-40-26(38)31-24-19-10-9-18(32(19)30-14-29-24)17(12-28)22(36)23(20(34)13-33)41-21(35)11-16-7-5-4-6-8-16/h9-10,14,16-17,20,22-23,33-34,36H,4-8,11,13,15H2,1-3H3,(H,29,30,31,38)/t17?,20-,22+,23-/m1/s1. The molecule has 1 fully saturated rings. The van der Waals surface area contributed by atoms with Crippen LogP contribution in [0.25, 0.3) is 5.52 Å². The Balaban J connectivity index is 1.74. The van der Waals surface area contributed by atoms with Gasteiger partial charge in [0.2, 0.25) is 6.79 Å². The predicted octanol–water partition coefficient (Wildman–Crippen LogP) is 2.03. The van der Waals surface area contributed by atoms with Crippen molar-refractivity contribution in [1.82, 2.24) is 14.6 Å². The molecule has 2 aromatic heterocycles. The fourth-order valence-corrected chi connectivity index (χ4v) is 4.59. The minimum Gasteiger partial charge on any atom is -0.457 e. The average Bonchev–Trinajstić information content (AvgIpc) is 3.36. The first-order valence-corrected chi connectivity index (χ1v) is 13.5. The van der Waals surface area contributed by atoms with E-state index in [1.165, 1.54) is 16.6 Å². The summed E-state index contributed by atoms with van der Waals surface area (Å²) in [6, 6.07) is 4.88. The second-order valence-electron chi connectivity index (χ2n) is 11.0. The van der Waals surface area contributed by atoms with Gasteiger partial charge in [0.1, 0.15) is 30.0 Å². The number of carbonyl (C=O) groups excluding carboxylic acids is 3. The normalized spacial score (nSPS) is 17.1. The second-order valence-corrected chi connectivity index (χ2v) is 11.0. The second kappa shape index (κ2) is 14.2. The molecule has 1 amide bonds. The van der Waals surface area contributed by atoms with Crippen LogP contribution in [0.2, 0.25) is 0 Å². The molecule has 1 saturated carbocycles. The lowest BCUT2D eigenvalue weighted by molar-refractivity contribution is -0.169. The number of carbonyl (C=O) groups is 3. The molecule has 0 aliphatic heterocycles. The molecule has 1 unspecified atom stereocenters. The van der Waals surface area contributed by atoms with E-state index in [-0.39, 0.29) is 29.4 Å². The van der Waals surface area contributed by atoms with Crippen LogP contribution in [0.3, 0.4) is 0 Å². The Morgan fingerprint density at radius 3 is 2.51 bits per heavy atom. The average molecular weight is 576 g/mol. The Bertz CT molecular complexity index is 1250. The van der Waals surface area contributed by atoms with Crippen LogP contribution in [0.4, 0.5) is 10.6 Å². The number of rotatable bonds is 11. The lowest BCUT2D eigenvalue weighted by Crippen LogP contribution is -2.46. The molecule has 3 rings (SSSR count). The first kappa shape index (κ1) is 31.7. The van der Waals surface area contributed by atoms with Crippen LogP contribution in [0.1, 0.15) is 70.9 Å². The van der Waals surface area contributed by atoms with E-state index in [2.05, 4.69) is 15.4 Å². The maximum atomic E-state index is 12.7. The number of anilines is 1. The number of aliphatic hydroxyl groups excluding tert-OH is 3. The molecule has 14 heteroatoms. The van der Waals surface area contributed by atoms with Crippen LogP contribution < -0.4 is 5.32 Å². The summed E-state index contributed by atoms with van der Waals surface area (Å²) in [5, 5.41) is 47.5. The highest BCUT2D eigenvalue weighted by Gasteiger charge is 2.38. The first-order valence-electron chi connectivity index (χ1n) is 13.5. The molecule has 4 atom stereocenters. The summed E-state index contributed by atoms with van der Waals surface area (Å²) in [5.41, 5.74) is -0.401. The van der Waals surface area contributed by atoms with Gasteiger partial charge in [0.05, 0.1) is 23.8 Å². The van der Waals surface area contributed by atoms with E-state index >= 15 is 0 Å². The summed E-state index contributed by atoms with van der Waals surface area (Å²) >= 11 is 0. The van der Waals surface area contributed by atoms with Gasteiger partial charge in [-0.1, -0.05) is 19.3 Å². The molecule has 0 spiro atoms. The number of hydrogen-bond donors (Lipinski definition) is 4. The third-order valence-corrected chi connectivity index (χ3v) is 6.84. The number of nitrogens with one attached hydrogen (secondary N) is 1. The summed E-state index contributed by atoms with van der Waals surface area (Å²) in [6.07, 6.45) is 0.183. The van der Waals surface area contributed by atoms with E-state index in [1.54, 1.807) is 20.8 Å². The summed E-state index contributed by atoms with van der Waals surface area (Å²) in [6.45, 7) is 3.52. The van der Waals surface area contributed by atoms with Crippen molar-refractivity contribution < 1.29 is 43.9 Å². The van der Waals surface area contributed by atoms with Gasteiger partial charge < -0.3 is 29.5 Å². The number of hydrogen-bond acceptors (Lipinski definition) is 12. The van der Waals surface area contributed by atoms with Gasteiger partial charge in [-0.3, -0.25) is 14.9 Å². The zero-order valence-corrected chi connectivity index (χ0v) is 23.4. The minimum atomic E-state index is -1.73. The molecule has 14 nitrogen and oxygen atoms in total. The quantitative estimate of drug-likeness (QED) is 0.224. The van der Waals surface area contributed by atoms with Gasteiger partial charge in [0, 0.05) is 6.42 Å². The largest absolute Gasteiger partial charge is 0.457 e. The molecule has 0 bridgehead atoms. The molecule has 0 aromatic carbocycles. The van der Waals surface area contributed by atoms with E-state index in [9.17, 15) is 35.0 Å². The van der Waals surface area contributed by atoms with Gasteiger partial charge in [-0.05, 0) is 51.7 Å². The lowest BCUT2D eigenvalue weighted by Gasteiger charge is -2.30. The number of aliphatic hydroxyl groups is 3. The molecule has 0 radical (unpaired) electrons. The predicted molar refractivity (Wildman–Crippen MR) is 142 cm³/mol. The Labute approximate surface area is 237 Å². The van der Waals surface area contributed by atoms with Crippen molar-refractivity contribution in [1.29, 1.82) is 5.26 Å². The Kier molecular flexibility index (Phi) is 11.0. The molecule has 224 valence electrons. The number of aromatic nitrogens is 3. The number of amides is 1. The maximum absolute atomic E-state index is 12.7. The van der Waals surface area contributed by atoms with Crippen molar-refractivity contribution >= 4 is 29.4 Å². The topological polar surface area (TPSA) is 206 Å². The van der Waals surface area contributed by atoms with Gasteiger partial charge in [0.25, 0.3) is 0 Å². The number of fused-ring (bicyclic) bond motifs is 1. The molecule has 2 heterocycles. The van der Waals surface area contributed by atoms with E-state index in [0.29, 0.717) is 0 Å². The molecule has 2 aromatic rings. The monoisotopic (exact) mass is 575 g/mol. The van der Waals surface area contributed by atoms with Crippen LogP contribution >= 0.6 is 0 Å². The molecular weight excluding hydrogens is 538 g/mol. The highest BCUT2D eigenvalue weighted by molar-refractivity contribution is 5.88. The number of esters is 2. The van der Waals surface area contributed by atoms with E-state index < -0.39 is 61.1 Å². The van der Waals surface area contributed by atoms with Gasteiger partial charge in [-0.25, -0.2) is 14.3 Å². The number of ether oxygens (including phenoxy) is 3. The van der Waals surface area contributed by atoms with Crippen LogP contribution in [0, 0.1) is 22.7 Å². The first-order chi connectivity index (χ1) is 19.5. The van der Waals surface area contributed by atoms with Crippen molar-refractivity contribution in [2.45, 2.75) is 83.5 Å². The fourth-order valence-electron chi connectivity index (χ4n) is 4.59. The third-order valence-electron chi connectivity index (χ3n) is 6.84. The van der Waals surface area contributed by atoms with Gasteiger partial charge in [0.15, 0.2) is 11.9 Å². The lowest BCUT2D eigenvalue weighted by atomic mass is 9.87. The van der Waals surface area contributed by atoms with Crippen LogP contribution in [-0.4, -0.2) is 79.7 Å². The van der Waals surface area contributed by atoms with Gasteiger partial charge >= 0.3 is 18.0 Å². The zero-order valence-electron chi connectivity index (χ0n) is 23.4. The molecule has 4 N–H and O–H groups in total. The van der Waals surface area contributed by atoms with E-state index in [0.717, 1.165) is 38.4 Å². The van der Waals surface area contributed by atoms with Gasteiger partial charge in [-0.15, -0.1) is 0 Å². The SMILES string of the molecule is CC(C)(C)C(=O)OCOC(=O)Nc1ncnn2c(C(C#N)[C@H](O)[C@H](OC(=O)CC3CCCCC3)[C@H](O)CO)ccc12. The smallest absolute Gasteiger partial charge is 0.415 e. The Morgan fingerprint density at radius 1 is 1.17 bits per heavy atom. The summed E-state index contributed by atoms with van der Waals surface area (Å²) < 4.78 is 16.4. The summed E-state index contributed by atoms with van der Waals surface area (Å²) in [5.74, 6) is -2.42. The third kappa shape index (κ3) is 8.35. The van der Waals surface area contributed by atoms with E-state index in [1.807, 2.05) is 6.07 Å². The van der Waals surface area contributed by atoms with Crippen LogP contribution in [-0.2, 0) is 23.8 Å². The molecule has 41 heavy (non-hydrogen) atoms. The van der Waals surface area contributed by atoms with E-state index in [4.69, 9.17) is 14.2 Å². The minimum absolute atomic E-state index is 0.00423. The fraction of sp³-hybridized carbons (Fsp3) is 0.630. The Morgan fingerprint density at radius 2 is 1.88 bits per heavy atom.